The highest BCUT2D eigenvalue weighted by atomic mass is 15.1. The zero-order chi connectivity index (χ0) is 13.9. The molecule has 0 amide bonds. The molecule has 1 N–H and O–H groups in total. The minimum absolute atomic E-state index is 0.825. The van der Waals surface area contributed by atoms with E-state index < -0.39 is 0 Å². The van der Waals surface area contributed by atoms with Crippen molar-refractivity contribution in [1.82, 2.24) is 9.97 Å². The van der Waals surface area contributed by atoms with Crippen molar-refractivity contribution in [3.63, 3.8) is 0 Å². The van der Waals surface area contributed by atoms with Crippen LogP contribution < -0.4 is 10.2 Å². The van der Waals surface area contributed by atoms with Gasteiger partial charge in [0, 0.05) is 30.9 Å². The number of anilines is 3. The van der Waals surface area contributed by atoms with E-state index >= 15 is 0 Å². The average Bonchev–Trinajstić information content (AvgIpc) is 2.48. The van der Waals surface area contributed by atoms with Gasteiger partial charge in [0.05, 0.1) is 5.52 Å². The summed E-state index contributed by atoms with van der Waals surface area (Å²) in [6.45, 7) is 0. The molecule has 0 radical (unpaired) electrons. The Bertz CT molecular complexity index is 732. The number of nitrogens with zero attached hydrogens (tertiary/aromatic N) is 3. The molecule has 100 valence electrons. The average molecular weight is 264 g/mol. The molecule has 3 aromatic rings. The third-order valence-corrected chi connectivity index (χ3v) is 3.17. The fourth-order valence-electron chi connectivity index (χ4n) is 2.10. The van der Waals surface area contributed by atoms with Crippen LogP contribution in [0.1, 0.15) is 0 Å². The van der Waals surface area contributed by atoms with Gasteiger partial charge >= 0.3 is 0 Å². The second kappa shape index (κ2) is 5.17. The Labute approximate surface area is 118 Å². The number of aromatic nitrogens is 2. The first-order valence-electron chi connectivity index (χ1n) is 6.48. The molecule has 2 aromatic carbocycles. The molecule has 0 saturated carbocycles. The molecule has 1 heterocycles. The maximum Gasteiger partial charge on any atom is 0.141 e. The molecule has 0 aliphatic rings. The number of fused-ring (bicyclic) bond motifs is 1. The third kappa shape index (κ3) is 2.40. The van der Waals surface area contributed by atoms with Crippen molar-refractivity contribution in [2.24, 2.45) is 0 Å². The zero-order valence-corrected chi connectivity index (χ0v) is 11.5. The Balaban J connectivity index is 1.99. The smallest absolute Gasteiger partial charge is 0.141 e. The minimum Gasteiger partial charge on any atom is -0.378 e. The van der Waals surface area contributed by atoms with E-state index in [1.54, 1.807) is 6.33 Å². The van der Waals surface area contributed by atoms with Crippen LogP contribution in [0.2, 0.25) is 0 Å². The number of hydrogen-bond acceptors (Lipinski definition) is 4. The van der Waals surface area contributed by atoms with E-state index in [-0.39, 0.29) is 0 Å². The lowest BCUT2D eigenvalue weighted by molar-refractivity contribution is 1.13. The SMILES string of the molecule is CN(C)c1cccc(Nc2ncnc3ccccc23)c1. The summed E-state index contributed by atoms with van der Waals surface area (Å²) in [6, 6.07) is 16.2. The fourth-order valence-corrected chi connectivity index (χ4v) is 2.10. The van der Waals surface area contributed by atoms with E-state index in [1.165, 1.54) is 0 Å². The van der Waals surface area contributed by atoms with Crippen molar-refractivity contribution in [3.05, 3.63) is 54.9 Å². The summed E-state index contributed by atoms with van der Waals surface area (Å²) < 4.78 is 0. The predicted molar refractivity (Wildman–Crippen MR) is 83.6 cm³/mol. The second-order valence-electron chi connectivity index (χ2n) is 4.81. The number of rotatable bonds is 3. The summed E-state index contributed by atoms with van der Waals surface area (Å²) in [6.07, 6.45) is 1.58. The largest absolute Gasteiger partial charge is 0.378 e. The molecule has 20 heavy (non-hydrogen) atoms. The van der Waals surface area contributed by atoms with Gasteiger partial charge in [0.15, 0.2) is 0 Å². The Hall–Kier alpha value is -2.62. The van der Waals surface area contributed by atoms with Crippen molar-refractivity contribution in [2.75, 3.05) is 24.3 Å². The lowest BCUT2D eigenvalue weighted by Gasteiger charge is -2.14. The van der Waals surface area contributed by atoms with Gasteiger partial charge in [-0.25, -0.2) is 9.97 Å². The van der Waals surface area contributed by atoms with Gasteiger partial charge < -0.3 is 10.2 Å². The van der Waals surface area contributed by atoms with Crippen LogP contribution in [0, 0.1) is 0 Å². The summed E-state index contributed by atoms with van der Waals surface area (Å²) in [7, 11) is 4.05. The molecule has 0 saturated heterocycles. The van der Waals surface area contributed by atoms with Gasteiger partial charge in [-0.3, -0.25) is 0 Å². The van der Waals surface area contributed by atoms with Crippen molar-refractivity contribution >= 4 is 28.1 Å². The Morgan fingerprint density at radius 3 is 2.65 bits per heavy atom. The standard InChI is InChI=1S/C16H16N4/c1-20(2)13-7-5-6-12(10-13)19-16-14-8-3-4-9-15(14)17-11-18-16/h3-11H,1-2H3,(H,17,18,19). The number of hydrogen-bond donors (Lipinski definition) is 1. The predicted octanol–water partition coefficient (Wildman–Crippen LogP) is 3.44. The zero-order valence-electron chi connectivity index (χ0n) is 11.5. The van der Waals surface area contributed by atoms with Crippen LogP contribution in [0.3, 0.4) is 0 Å². The van der Waals surface area contributed by atoms with Crippen LogP contribution in [0.5, 0.6) is 0 Å². The Morgan fingerprint density at radius 1 is 0.950 bits per heavy atom. The summed E-state index contributed by atoms with van der Waals surface area (Å²) >= 11 is 0. The van der Waals surface area contributed by atoms with Gasteiger partial charge in [-0.1, -0.05) is 18.2 Å². The molecule has 1 aromatic heterocycles. The maximum atomic E-state index is 4.34. The minimum atomic E-state index is 0.825. The maximum absolute atomic E-state index is 4.34. The van der Waals surface area contributed by atoms with E-state index in [9.17, 15) is 0 Å². The normalized spacial score (nSPS) is 10.5. The molecule has 0 unspecified atom stereocenters. The molecule has 0 fully saturated rings. The van der Waals surface area contributed by atoms with E-state index in [2.05, 4.69) is 32.3 Å². The van der Waals surface area contributed by atoms with Gasteiger partial charge in [-0.2, -0.15) is 0 Å². The lowest BCUT2D eigenvalue weighted by atomic mass is 10.2. The van der Waals surface area contributed by atoms with Crippen molar-refractivity contribution < 1.29 is 0 Å². The van der Waals surface area contributed by atoms with Crippen LogP contribution in [0.15, 0.2) is 54.9 Å². The van der Waals surface area contributed by atoms with E-state index in [0.29, 0.717) is 0 Å². The summed E-state index contributed by atoms with van der Waals surface area (Å²) in [5, 5.41) is 4.38. The second-order valence-corrected chi connectivity index (χ2v) is 4.81. The molecule has 0 atom stereocenters. The van der Waals surface area contributed by atoms with Gasteiger partial charge in [0.1, 0.15) is 12.1 Å². The number of para-hydroxylation sites is 1. The van der Waals surface area contributed by atoms with E-state index in [0.717, 1.165) is 28.1 Å². The van der Waals surface area contributed by atoms with Crippen molar-refractivity contribution in [2.45, 2.75) is 0 Å². The molecule has 0 bridgehead atoms. The molecule has 0 aliphatic heterocycles. The topological polar surface area (TPSA) is 41.0 Å². The first-order valence-corrected chi connectivity index (χ1v) is 6.48. The highest BCUT2D eigenvalue weighted by Gasteiger charge is 2.04. The van der Waals surface area contributed by atoms with Crippen LogP contribution in [0.4, 0.5) is 17.2 Å². The molecule has 4 heteroatoms. The van der Waals surface area contributed by atoms with Crippen LogP contribution >= 0.6 is 0 Å². The van der Waals surface area contributed by atoms with Gasteiger partial charge in [-0.15, -0.1) is 0 Å². The molecular weight excluding hydrogens is 248 g/mol. The molecule has 3 rings (SSSR count). The van der Waals surface area contributed by atoms with E-state index in [1.807, 2.05) is 50.5 Å². The summed E-state index contributed by atoms with van der Waals surface area (Å²) in [4.78, 5) is 10.7. The quantitative estimate of drug-likeness (QED) is 0.786. The Kier molecular flexibility index (Phi) is 3.21. The highest BCUT2D eigenvalue weighted by Crippen LogP contribution is 2.24. The van der Waals surface area contributed by atoms with Gasteiger partial charge in [0.2, 0.25) is 0 Å². The molecular formula is C16H16N4. The number of nitrogens with one attached hydrogen (secondary N) is 1. The van der Waals surface area contributed by atoms with Crippen LogP contribution in [-0.4, -0.2) is 24.1 Å². The van der Waals surface area contributed by atoms with E-state index in [4.69, 9.17) is 0 Å². The van der Waals surface area contributed by atoms with Gasteiger partial charge in [-0.05, 0) is 30.3 Å². The molecule has 0 aliphatic carbocycles. The fraction of sp³-hybridized carbons (Fsp3) is 0.125. The highest BCUT2D eigenvalue weighted by molar-refractivity contribution is 5.90. The molecule has 4 nitrogen and oxygen atoms in total. The van der Waals surface area contributed by atoms with Gasteiger partial charge in [0.25, 0.3) is 0 Å². The first-order chi connectivity index (χ1) is 9.74. The van der Waals surface area contributed by atoms with Crippen molar-refractivity contribution in [1.29, 1.82) is 0 Å². The van der Waals surface area contributed by atoms with Crippen molar-refractivity contribution in [3.8, 4) is 0 Å². The molecule has 0 spiro atoms. The van der Waals surface area contributed by atoms with Crippen LogP contribution in [0.25, 0.3) is 10.9 Å². The summed E-state index contributed by atoms with van der Waals surface area (Å²) in [5.41, 5.74) is 3.10. The Morgan fingerprint density at radius 2 is 1.80 bits per heavy atom. The third-order valence-electron chi connectivity index (χ3n) is 3.17. The lowest BCUT2D eigenvalue weighted by Crippen LogP contribution is -2.08. The monoisotopic (exact) mass is 264 g/mol. The summed E-state index contributed by atoms with van der Waals surface area (Å²) in [5.74, 6) is 0.825. The first kappa shape index (κ1) is 12.4. The number of benzene rings is 2. The van der Waals surface area contributed by atoms with Crippen LogP contribution in [-0.2, 0) is 0 Å².